The Morgan fingerprint density at radius 1 is 1.17 bits per heavy atom. The Morgan fingerprint density at radius 3 is 2.08 bits per heavy atom. The van der Waals surface area contributed by atoms with Gasteiger partial charge in [0.05, 0.1) is 0 Å². The van der Waals surface area contributed by atoms with Crippen LogP contribution in [0.1, 0.15) is 32.1 Å². The summed E-state index contributed by atoms with van der Waals surface area (Å²) in [6.45, 7) is 0. The third-order valence-electron chi connectivity index (χ3n) is 3.26. The van der Waals surface area contributed by atoms with E-state index in [-0.39, 0.29) is 12.8 Å². The third kappa shape index (κ3) is 1.60. The maximum atomic E-state index is 12.7. The molecule has 2 aliphatic rings. The monoisotopic (exact) mass is 175 g/mol. The van der Waals surface area contributed by atoms with Crippen molar-refractivity contribution in [2.24, 2.45) is 17.6 Å². The molecular weight excluding hydrogens is 160 g/mol. The quantitative estimate of drug-likeness (QED) is 0.649. The average molecular weight is 175 g/mol. The lowest BCUT2D eigenvalue weighted by Gasteiger charge is -2.28. The summed E-state index contributed by atoms with van der Waals surface area (Å²) in [5.74, 6) is -1.31. The van der Waals surface area contributed by atoms with Crippen LogP contribution in [0.25, 0.3) is 0 Å². The maximum Gasteiger partial charge on any atom is 0.248 e. The molecule has 2 aliphatic carbocycles. The summed E-state index contributed by atoms with van der Waals surface area (Å²) < 4.78 is 25.5. The molecule has 1 nitrogen and oxygen atoms in total. The molecule has 2 rings (SSSR count). The highest BCUT2D eigenvalue weighted by Crippen LogP contribution is 2.46. The summed E-state index contributed by atoms with van der Waals surface area (Å²) in [6, 6.07) is 0.321. The fourth-order valence-corrected chi connectivity index (χ4v) is 2.27. The number of alkyl halides is 2. The standard InChI is InChI=1S/C9H15F2N/c10-9(11)3-1-6(2-4-9)7-5-8(7)12/h6-8H,1-5,12H2. The zero-order chi connectivity index (χ0) is 8.77. The molecular formula is C9H15F2N. The Morgan fingerprint density at radius 2 is 1.67 bits per heavy atom. The van der Waals surface area contributed by atoms with E-state index in [9.17, 15) is 8.78 Å². The topological polar surface area (TPSA) is 26.0 Å². The van der Waals surface area contributed by atoms with Gasteiger partial charge >= 0.3 is 0 Å². The zero-order valence-corrected chi connectivity index (χ0v) is 7.10. The van der Waals surface area contributed by atoms with E-state index in [4.69, 9.17) is 5.73 Å². The Balaban J connectivity index is 1.83. The van der Waals surface area contributed by atoms with E-state index in [0.29, 0.717) is 30.7 Å². The highest BCUT2D eigenvalue weighted by molar-refractivity contribution is 4.96. The first-order chi connectivity index (χ1) is 5.58. The second-order valence-corrected chi connectivity index (χ2v) is 4.26. The molecule has 0 aromatic heterocycles. The maximum absolute atomic E-state index is 12.7. The summed E-state index contributed by atoms with van der Waals surface area (Å²) in [7, 11) is 0. The Bertz CT molecular complexity index is 171. The number of hydrogen-bond acceptors (Lipinski definition) is 1. The summed E-state index contributed by atoms with van der Waals surface area (Å²) in [4.78, 5) is 0. The van der Waals surface area contributed by atoms with Crippen LogP contribution in [0.3, 0.4) is 0 Å². The molecule has 12 heavy (non-hydrogen) atoms. The molecule has 2 saturated carbocycles. The SMILES string of the molecule is NC1CC1C1CCC(F)(F)CC1. The lowest BCUT2D eigenvalue weighted by Crippen LogP contribution is -2.26. The fourth-order valence-electron chi connectivity index (χ4n) is 2.27. The Labute approximate surface area is 71.3 Å². The van der Waals surface area contributed by atoms with Crippen molar-refractivity contribution in [3.05, 3.63) is 0 Å². The van der Waals surface area contributed by atoms with Gasteiger partial charge in [-0.3, -0.25) is 0 Å². The average Bonchev–Trinajstić information content (AvgIpc) is 2.67. The van der Waals surface area contributed by atoms with Crippen LogP contribution in [0.2, 0.25) is 0 Å². The van der Waals surface area contributed by atoms with Crippen molar-refractivity contribution < 1.29 is 8.78 Å². The molecule has 0 spiro atoms. The highest BCUT2D eigenvalue weighted by Gasteiger charge is 2.44. The van der Waals surface area contributed by atoms with Gasteiger partial charge in [-0.15, -0.1) is 0 Å². The van der Waals surface area contributed by atoms with Crippen LogP contribution >= 0.6 is 0 Å². The number of nitrogens with two attached hydrogens (primary N) is 1. The van der Waals surface area contributed by atoms with Gasteiger partial charge in [0.2, 0.25) is 5.92 Å². The lowest BCUT2D eigenvalue weighted by molar-refractivity contribution is -0.0481. The number of rotatable bonds is 1. The lowest BCUT2D eigenvalue weighted by atomic mass is 9.83. The van der Waals surface area contributed by atoms with Crippen molar-refractivity contribution in [3.8, 4) is 0 Å². The van der Waals surface area contributed by atoms with Crippen LogP contribution in [0, 0.1) is 11.8 Å². The van der Waals surface area contributed by atoms with Crippen LogP contribution in [0.4, 0.5) is 8.78 Å². The van der Waals surface area contributed by atoms with Gasteiger partial charge in [0, 0.05) is 18.9 Å². The Kier molecular flexibility index (Phi) is 1.86. The van der Waals surface area contributed by atoms with Crippen LogP contribution in [0.15, 0.2) is 0 Å². The zero-order valence-electron chi connectivity index (χ0n) is 7.10. The van der Waals surface area contributed by atoms with Crippen molar-refractivity contribution in [1.29, 1.82) is 0 Å². The molecule has 70 valence electrons. The third-order valence-corrected chi connectivity index (χ3v) is 3.26. The largest absolute Gasteiger partial charge is 0.327 e. The molecule has 0 radical (unpaired) electrons. The van der Waals surface area contributed by atoms with Gasteiger partial charge in [0.15, 0.2) is 0 Å². The van der Waals surface area contributed by atoms with Gasteiger partial charge < -0.3 is 5.73 Å². The molecule has 0 aromatic rings. The molecule has 0 amide bonds. The second-order valence-electron chi connectivity index (χ2n) is 4.26. The summed E-state index contributed by atoms with van der Waals surface area (Å²) in [6.07, 6.45) is 2.61. The van der Waals surface area contributed by atoms with Crippen LogP contribution < -0.4 is 5.73 Å². The second kappa shape index (κ2) is 2.66. The van der Waals surface area contributed by atoms with Crippen molar-refractivity contribution in [2.75, 3.05) is 0 Å². The van der Waals surface area contributed by atoms with E-state index in [2.05, 4.69) is 0 Å². The minimum absolute atomic E-state index is 0.0842. The van der Waals surface area contributed by atoms with E-state index < -0.39 is 5.92 Å². The van der Waals surface area contributed by atoms with E-state index in [1.165, 1.54) is 0 Å². The summed E-state index contributed by atoms with van der Waals surface area (Å²) in [5, 5.41) is 0. The van der Waals surface area contributed by atoms with Crippen LogP contribution in [-0.4, -0.2) is 12.0 Å². The molecule has 0 aliphatic heterocycles. The van der Waals surface area contributed by atoms with Crippen molar-refractivity contribution in [2.45, 2.75) is 44.1 Å². The van der Waals surface area contributed by atoms with Crippen LogP contribution in [0.5, 0.6) is 0 Å². The first kappa shape index (κ1) is 8.42. The molecule has 0 aromatic carbocycles. The molecule has 2 N–H and O–H groups in total. The highest BCUT2D eigenvalue weighted by atomic mass is 19.3. The molecule has 2 atom stereocenters. The van der Waals surface area contributed by atoms with E-state index in [1.807, 2.05) is 0 Å². The molecule has 0 heterocycles. The normalized spacial score (nSPS) is 41.2. The summed E-state index contributed by atoms with van der Waals surface area (Å²) >= 11 is 0. The molecule has 2 fully saturated rings. The fraction of sp³-hybridized carbons (Fsp3) is 1.00. The van der Waals surface area contributed by atoms with Crippen LogP contribution in [-0.2, 0) is 0 Å². The first-order valence-electron chi connectivity index (χ1n) is 4.72. The van der Waals surface area contributed by atoms with Crippen molar-refractivity contribution >= 4 is 0 Å². The van der Waals surface area contributed by atoms with E-state index in [0.717, 1.165) is 6.42 Å². The Hall–Kier alpha value is -0.180. The molecule has 2 unspecified atom stereocenters. The minimum Gasteiger partial charge on any atom is -0.327 e. The summed E-state index contributed by atoms with van der Waals surface area (Å²) in [5.41, 5.74) is 5.68. The van der Waals surface area contributed by atoms with Crippen molar-refractivity contribution in [3.63, 3.8) is 0 Å². The van der Waals surface area contributed by atoms with Gasteiger partial charge in [-0.05, 0) is 31.1 Å². The van der Waals surface area contributed by atoms with Gasteiger partial charge in [-0.1, -0.05) is 0 Å². The first-order valence-corrected chi connectivity index (χ1v) is 4.72. The predicted molar refractivity (Wildman–Crippen MR) is 43.0 cm³/mol. The molecule has 0 bridgehead atoms. The number of hydrogen-bond donors (Lipinski definition) is 1. The van der Waals surface area contributed by atoms with Gasteiger partial charge in [-0.2, -0.15) is 0 Å². The van der Waals surface area contributed by atoms with E-state index in [1.54, 1.807) is 0 Å². The van der Waals surface area contributed by atoms with Crippen molar-refractivity contribution in [1.82, 2.24) is 0 Å². The number of halogens is 2. The van der Waals surface area contributed by atoms with Gasteiger partial charge in [0.25, 0.3) is 0 Å². The van der Waals surface area contributed by atoms with Gasteiger partial charge in [-0.25, -0.2) is 8.78 Å². The molecule has 0 saturated heterocycles. The molecule has 3 heteroatoms. The predicted octanol–water partition coefficient (Wildman–Crippen LogP) is 2.16. The minimum atomic E-state index is -2.38. The van der Waals surface area contributed by atoms with E-state index >= 15 is 0 Å². The van der Waals surface area contributed by atoms with Gasteiger partial charge in [0.1, 0.15) is 0 Å². The smallest absolute Gasteiger partial charge is 0.248 e.